The zero-order valence-electron chi connectivity index (χ0n) is 3.82. The molecule has 0 bridgehead atoms. The van der Waals surface area contributed by atoms with Gasteiger partial charge in [0.2, 0.25) is 0 Å². The highest BCUT2D eigenvalue weighted by atomic mass is 79.9. The average molecular weight is 168 g/mol. The Labute approximate surface area is 50.4 Å². The summed E-state index contributed by atoms with van der Waals surface area (Å²) in [5.41, 5.74) is 0. The fourth-order valence-electron chi connectivity index (χ4n) is 0.615. The summed E-state index contributed by atoms with van der Waals surface area (Å²) in [4.78, 5) is 0.0486. The first kappa shape index (κ1) is 5.51. The Bertz CT molecular complexity index is 60.7. The maximum absolute atomic E-state index is 12.2. The van der Waals surface area contributed by atoms with Crippen molar-refractivity contribution in [1.82, 2.24) is 5.32 Å². The highest BCUT2D eigenvalue weighted by Crippen LogP contribution is 2.12. The standard InChI is InChI=1S/C4H7BrFN/c5-3-1-7-2-4(3)6/h3-4,7H,1-2H2/t3-,4-/m1/s1. The molecule has 3 heteroatoms. The molecule has 42 valence electrons. The zero-order valence-corrected chi connectivity index (χ0v) is 5.41. The third-order valence-electron chi connectivity index (χ3n) is 1.07. The lowest BCUT2D eigenvalue weighted by Crippen LogP contribution is -2.10. The quantitative estimate of drug-likeness (QED) is 0.524. The van der Waals surface area contributed by atoms with E-state index in [4.69, 9.17) is 0 Å². The van der Waals surface area contributed by atoms with E-state index in [-0.39, 0.29) is 4.83 Å². The van der Waals surface area contributed by atoms with Crippen LogP contribution in [0.5, 0.6) is 0 Å². The van der Waals surface area contributed by atoms with Crippen LogP contribution in [-0.2, 0) is 0 Å². The second-order valence-electron chi connectivity index (χ2n) is 1.69. The van der Waals surface area contributed by atoms with E-state index in [9.17, 15) is 4.39 Å². The van der Waals surface area contributed by atoms with E-state index in [1.807, 2.05) is 0 Å². The number of alkyl halides is 2. The molecule has 0 aromatic carbocycles. The molecule has 1 saturated heterocycles. The first-order valence-electron chi connectivity index (χ1n) is 2.29. The molecule has 0 radical (unpaired) electrons. The minimum Gasteiger partial charge on any atom is -0.313 e. The number of hydrogen-bond acceptors (Lipinski definition) is 1. The molecule has 1 aliphatic rings. The van der Waals surface area contributed by atoms with Crippen LogP contribution in [-0.4, -0.2) is 24.1 Å². The Morgan fingerprint density at radius 3 is 2.43 bits per heavy atom. The molecule has 0 saturated carbocycles. The van der Waals surface area contributed by atoms with Crippen molar-refractivity contribution in [3.05, 3.63) is 0 Å². The second kappa shape index (κ2) is 2.09. The molecule has 1 rings (SSSR count). The van der Waals surface area contributed by atoms with Crippen molar-refractivity contribution < 1.29 is 4.39 Å². The van der Waals surface area contributed by atoms with E-state index in [2.05, 4.69) is 21.2 Å². The van der Waals surface area contributed by atoms with Gasteiger partial charge in [0.15, 0.2) is 0 Å². The van der Waals surface area contributed by atoms with Crippen LogP contribution in [0.15, 0.2) is 0 Å². The lowest BCUT2D eigenvalue weighted by atomic mass is 10.3. The molecule has 0 spiro atoms. The second-order valence-corrected chi connectivity index (χ2v) is 2.87. The molecule has 1 nitrogen and oxygen atoms in total. The number of halogens is 2. The Kier molecular flexibility index (Phi) is 1.65. The van der Waals surface area contributed by atoms with Crippen molar-refractivity contribution in [3.63, 3.8) is 0 Å². The summed E-state index contributed by atoms with van der Waals surface area (Å²) >= 11 is 3.17. The third-order valence-corrected chi connectivity index (χ3v) is 1.97. The molecule has 0 amide bonds. The molecule has 7 heavy (non-hydrogen) atoms. The minimum atomic E-state index is -0.681. The van der Waals surface area contributed by atoms with Gasteiger partial charge in [-0.2, -0.15) is 0 Å². The van der Waals surface area contributed by atoms with Gasteiger partial charge < -0.3 is 5.32 Å². The SMILES string of the molecule is F[C@@H]1CNC[C@H]1Br. The first-order chi connectivity index (χ1) is 3.30. The zero-order chi connectivity index (χ0) is 5.28. The summed E-state index contributed by atoms with van der Waals surface area (Å²) in [6.45, 7) is 1.27. The van der Waals surface area contributed by atoms with Crippen LogP contribution in [0, 0.1) is 0 Å². The first-order valence-corrected chi connectivity index (χ1v) is 3.21. The number of hydrogen-bond donors (Lipinski definition) is 1. The lowest BCUT2D eigenvalue weighted by molar-refractivity contribution is 0.370. The summed E-state index contributed by atoms with van der Waals surface area (Å²) in [5, 5.41) is 2.90. The monoisotopic (exact) mass is 167 g/mol. The van der Waals surface area contributed by atoms with Gasteiger partial charge in [-0.05, 0) is 0 Å². The molecular formula is C4H7BrFN. The molecular weight excluding hydrogens is 161 g/mol. The van der Waals surface area contributed by atoms with Crippen molar-refractivity contribution in [2.75, 3.05) is 13.1 Å². The lowest BCUT2D eigenvalue weighted by Gasteiger charge is -1.97. The van der Waals surface area contributed by atoms with Crippen molar-refractivity contribution in [1.29, 1.82) is 0 Å². The molecule has 1 aliphatic heterocycles. The van der Waals surface area contributed by atoms with Crippen LogP contribution in [0.3, 0.4) is 0 Å². The van der Waals surface area contributed by atoms with Crippen molar-refractivity contribution in [2.24, 2.45) is 0 Å². The summed E-state index contributed by atoms with van der Waals surface area (Å²) in [5.74, 6) is 0. The summed E-state index contributed by atoms with van der Waals surface area (Å²) in [7, 11) is 0. The van der Waals surface area contributed by atoms with E-state index >= 15 is 0 Å². The topological polar surface area (TPSA) is 12.0 Å². The van der Waals surface area contributed by atoms with Crippen LogP contribution in [0.4, 0.5) is 4.39 Å². The van der Waals surface area contributed by atoms with Crippen molar-refractivity contribution in [2.45, 2.75) is 11.0 Å². The van der Waals surface area contributed by atoms with Crippen LogP contribution in [0.1, 0.15) is 0 Å². The van der Waals surface area contributed by atoms with E-state index in [0.717, 1.165) is 6.54 Å². The van der Waals surface area contributed by atoms with Crippen molar-refractivity contribution in [3.8, 4) is 0 Å². The Hall–Kier alpha value is 0.370. The molecule has 1 N–H and O–H groups in total. The number of nitrogens with one attached hydrogen (secondary N) is 1. The molecule has 2 atom stereocenters. The molecule has 0 unspecified atom stereocenters. The fourth-order valence-corrected chi connectivity index (χ4v) is 1.03. The van der Waals surface area contributed by atoms with E-state index in [1.165, 1.54) is 0 Å². The summed E-state index contributed by atoms with van der Waals surface area (Å²) in [6.07, 6.45) is -0.681. The van der Waals surface area contributed by atoms with E-state index in [1.54, 1.807) is 0 Å². The van der Waals surface area contributed by atoms with Crippen LogP contribution < -0.4 is 5.32 Å². The Morgan fingerprint density at radius 1 is 1.57 bits per heavy atom. The van der Waals surface area contributed by atoms with Gasteiger partial charge in [-0.1, -0.05) is 15.9 Å². The van der Waals surface area contributed by atoms with Gasteiger partial charge in [0.1, 0.15) is 6.17 Å². The van der Waals surface area contributed by atoms with Gasteiger partial charge in [0.25, 0.3) is 0 Å². The predicted octanol–water partition coefficient (Wildman–Crippen LogP) is 0.691. The van der Waals surface area contributed by atoms with Gasteiger partial charge in [0, 0.05) is 13.1 Å². The van der Waals surface area contributed by atoms with Crippen LogP contribution in [0.25, 0.3) is 0 Å². The molecule has 1 fully saturated rings. The molecule has 0 aliphatic carbocycles. The normalized spacial score (nSPS) is 42.0. The Morgan fingerprint density at radius 2 is 2.29 bits per heavy atom. The molecule has 0 aromatic heterocycles. The van der Waals surface area contributed by atoms with Crippen molar-refractivity contribution >= 4 is 15.9 Å². The highest BCUT2D eigenvalue weighted by molar-refractivity contribution is 9.09. The summed E-state index contributed by atoms with van der Waals surface area (Å²) in [6, 6.07) is 0. The maximum atomic E-state index is 12.2. The largest absolute Gasteiger partial charge is 0.313 e. The average Bonchev–Trinajstić information content (AvgIpc) is 1.91. The van der Waals surface area contributed by atoms with E-state index in [0.29, 0.717) is 6.54 Å². The highest BCUT2D eigenvalue weighted by Gasteiger charge is 2.22. The molecule has 0 aromatic rings. The predicted molar refractivity (Wildman–Crippen MR) is 30.5 cm³/mol. The van der Waals surface area contributed by atoms with Gasteiger partial charge >= 0.3 is 0 Å². The third kappa shape index (κ3) is 1.13. The minimum absolute atomic E-state index is 0.0486. The summed E-state index contributed by atoms with van der Waals surface area (Å²) < 4.78 is 12.2. The smallest absolute Gasteiger partial charge is 0.126 e. The van der Waals surface area contributed by atoms with Gasteiger partial charge in [-0.3, -0.25) is 0 Å². The van der Waals surface area contributed by atoms with Gasteiger partial charge in [-0.25, -0.2) is 4.39 Å². The van der Waals surface area contributed by atoms with E-state index < -0.39 is 6.17 Å². The van der Waals surface area contributed by atoms with Crippen LogP contribution >= 0.6 is 15.9 Å². The molecule has 1 heterocycles. The van der Waals surface area contributed by atoms with Gasteiger partial charge in [0.05, 0.1) is 4.83 Å². The Balaban J connectivity index is 2.33. The fraction of sp³-hybridized carbons (Fsp3) is 1.00. The van der Waals surface area contributed by atoms with Gasteiger partial charge in [-0.15, -0.1) is 0 Å². The number of rotatable bonds is 0. The maximum Gasteiger partial charge on any atom is 0.126 e. The van der Waals surface area contributed by atoms with Crippen LogP contribution in [0.2, 0.25) is 0 Å².